The SMILES string of the molecule is CCOC(=O)Cc1ccc(-c2nc3cc(Cl)cc(Cl)c3o2)cc1Cl. The molecule has 3 aromatic rings. The lowest BCUT2D eigenvalue weighted by Gasteiger charge is -2.05. The van der Waals surface area contributed by atoms with Crippen molar-refractivity contribution in [1.29, 1.82) is 0 Å². The van der Waals surface area contributed by atoms with Gasteiger partial charge in [0, 0.05) is 15.6 Å². The molecule has 1 aromatic heterocycles. The quantitative estimate of drug-likeness (QED) is 0.553. The van der Waals surface area contributed by atoms with Crippen LogP contribution >= 0.6 is 34.8 Å². The third-order valence-corrected chi connectivity index (χ3v) is 4.20. The number of oxazole rings is 1. The van der Waals surface area contributed by atoms with Gasteiger partial charge in [0.15, 0.2) is 5.58 Å². The van der Waals surface area contributed by atoms with Crippen molar-refractivity contribution in [3.8, 4) is 11.5 Å². The van der Waals surface area contributed by atoms with Gasteiger partial charge in [-0.1, -0.05) is 40.9 Å². The number of fused-ring (bicyclic) bond motifs is 1. The fourth-order valence-corrected chi connectivity index (χ4v) is 3.04. The maximum absolute atomic E-state index is 11.6. The summed E-state index contributed by atoms with van der Waals surface area (Å²) >= 11 is 18.3. The summed E-state index contributed by atoms with van der Waals surface area (Å²) in [7, 11) is 0. The Labute approximate surface area is 153 Å². The molecule has 124 valence electrons. The molecule has 0 atom stereocenters. The summed E-state index contributed by atoms with van der Waals surface area (Å²) in [5.74, 6) is 0.0502. The summed E-state index contributed by atoms with van der Waals surface area (Å²) in [6.45, 7) is 2.09. The average Bonchev–Trinajstić information content (AvgIpc) is 2.94. The summed E-state index contributed by atoms with van der Waals surface area (Å²) in [5.41, 5.74) is 2.38. The lowest BCUT2D eigenvalue weighted by molar-refractivity contribution is -0.142. The molecule has 0 aliphatic heterocycles. The van der Waals surface area contributed by atoms with Gasteiger partial charge in [0.1, 0.15) is 5.52 Å². The molecular weight excluding hydrogens is 373 g/mol. The number of nitrogens with zero attached hydrogens (tertiary/aromatic N) is 1. The molecule has 4 nitrogen and oxygen atoms in total. The van der Waals surface area contributed by atoms with Crippen molar-refractivity contribution >= 4 is 51.9 Å². The molecule has 0 amide bonds. The molecule has 3 rings (SSSR count). The molecule has 0 saturated heterocycles. The highest BCUT2D eigenvalue weighted by Gasteiger charge is 2.14. The van der Waals surface area contributed by atoms with Crippen LogP contribution in [0, 0.1) is 0 Å². The van der Waals surface area contributed by atoms with E-state index in [1.165, 1.54) is 0 Å². The lowest BCUT2D eigenvalue weighted by atomic mass is 10.1. The number of hydrogen-bond acceptors (Lipinski definition) is 4. The van der Waals surface area contributed by atoms with E-state index in [9.17, 15) is 4.79 Å². The monoisotopic (exact) mass is 383 g/mol. The predicted octanol–water partition coefficient (Wildman–Crippen LogP) is 5.56. The largest absolute Gasteiger partial charge is 0.466 e. The van der Waals surface area contributed by atoms with E-state index in [2.05, 4.69) is 4.98 Å². The number of carbonyl (C=O) groups excluding carboxylic acids is 1. The average molecular weight is 385 g/mol. The second-order valence-electron chi connectivity index (χ2n) is 5.04. The minimum Gasteiger partial charge on any atom is -0.466 e. The minimum absolute atomic E-state index is 0.113. The number of benzene rings is 2. The van der Waals surface area contributed by atoms with E-state index < -0.39 is 0 Å². The molecule has 7 heteroatoms. The molecule has 0 saturated carbocycles. The normalized spacial score (nSPS) is 11.0. The molecule has 0 unspecified atom stereocenters. The number of halogens is 3. The van der Waals surface area contributed by atoms with Crippen LogP contribution in [-0.4, -0.2) is 17.6 Å². The van der Waals surface area contributed by atoms with Crippen molar-refractivity contribution in [3.05, 3.63) is 51.0 Å². The van der Waals surface area contributed by atoms with Gasteiger partial charge >= 0.3 is 5.97 Å². The third kappa shape index (κ3) is 3.51. The van der Waals surface area contributed by atoms with Crippen molar-refractivity contribution in [2.75, 3.05) is 6.61 Å². The number of ether oxygens (including phenoxy) is 1. The molecule has 0 radical (unpaired) electrons. The smallest absolute Gasteiger partial charge is 0.310 e. The Morgan fingerprint density at radius 2 is 1.96 bits per heavy atom. The number of carbonyl (C=O) groups is 1. The Morgan fingerprint density at radius 1 is 1.17 bits per heavy atom. The van der Waals surface area contributed by atoms with Crippen LogP contribution in [0.1, 0.15) is 12.5 Å². The van der Waals surface area contributed by atoms with Gasteiger partial charge in [-0.15, -0.1) is 0 Å². The number of aromatic nitrogens is 1. The van der Waals surface area contributed by atoms with Crippen LogP contribution in [0.4, 0.5) is 0 Å². The van der Waals surface area contributed by atoms with Crippen molar-refractivity contribution in [2.45, 2.75) is 13.3 Å². The molecule has 0 N–H and O–H groups in total. The van der Waals surface area contributed by atoms with E-state index in [-0.39, 0.29) is 12.4 Å². The van der Waals surface area contributed by atoms with Gasteiger partial charge in [0.2, 0.25) is 5.89 Å². The van der Waals surface area contributed by atoms with Gasteiger partial charge in [0.05, 0.1) is 18.1 Å². The Kier molecular flexibility index (Phi) is 4.99. The second-order valence-corrected chi connectivity index (χ2v) is 6.29. The van der Waals surface area contributed by atoms with Crippen molar-refractivity contribution in [1.82, 2.24) is 4.98 Å². The Morgan fingerprint density at radius 3 is 2.67 bits per heavy atom. The molecule has 0 spiro atoms. The van der Waals surface area contributed by atoms with E-state index in [1.807, 2.05) is 0 Å². The highest BCUT2D eigenvalue weighted by Crippen LogP contribution is 2.33. The van der Waals surface area contributed by atoms with Crippen LogP contribution in [0.3, 0.4) is 0 Å². The highest BCUT2D eigenvalue weighted by atomic mass is 35.5. The zero-order valence-corrected chi connectivity index (χ0v) is 14.9. The fourth-order valence-electron chi connectivity index (χ4n) is 2.27. The van der Waals surface area contributed by atoms with Gasteiger partial charge in [-0.2, -0.15) is 0 Å². The highest BCUT2D eigenvalue weighted by molar-refractivity contribution is 6.38. The molecule has 0 aliphatic rings. The van der Waals surface area contributed by atoms with Crippen LogP contribution in [-0.2, 0) is 16.0 Å². The van der Waals surface area contributed by atoms with Gasteiger partial charge < -0.3 is 9.15 Å². The van der Waals surface area contributed by atoms with Gasteiger partial charge in [0.25, 0.3) is 0 Å². The Bertz CT molecular complexity index is 921. The Hall–Kier alpha value is -1.75. The summed E-state index contributed by atoms with van der Waals surface area (Å²) in [6, 6.07) is 8.48. The van der Waals surface area contributed by atoms with Gasteiger partial charge in [-0.25, -0.2) is 4.98 Å². The van der Waals surface area contributed by atoms with E-state index in [1.54, 1.807) is 37.3 Å². The molecular formula is C17H12Cl3NO3. The maximum Gasteiger partial charge on any atom is 0.310 e. The number of esters is 1. The molecule has 1 heterocycles. The zero-order valence-electron chi connectivity index (χ0n) is 12.6. The first-order chi connectivity index (χ1) is 11.5. The standard InChI is InChI=1S/C17H12Cl3NO3/c1-2-23-15(22)6-9-3-4-10(5-12(9)19)17-21-14-8-11(18)7-13(20)16(14)24-17/h3-5,7-8H,2,6H2,1H3. The van der Waals surface area contributed by atoms with Crippen molar-refractivity contribution in [3.63, 3.8) is 0 Å². The maximum atomic E-state index is 11.6. The van der Waals surface area contributed by atoms with Gasteiger partial charge in [-0.3, -0.25) is 4.79 Å². The second kappa shape index (κ2) is 7.01. The topological polar surface area (TPSA) is 52.3 Å². The Balaban J connectivity index is 1.94. The van der Waals surface area contributed by atoms with Crippen LogP contribution in [0.2, 0.25) is 15.1 Å². The summed E-state index contributed by atoms with van der Waals surface area (Å²) in [6.07, 6.45) is 0.113. The number of hydrogen-bond donors (Lipinski definition) is 0. The lowest BCUT2D eigenvalue weighted by Crippen LogP contribution is -2.07. The van der Waals surface area contributed by atoms with E-state index in [0.29, 0.717) is 49.8 Å². The molecule has 0 bridgehead atoms. The first kappa shape index (κ1) is 17.1. The van der Waals surface area contributed by atoms with E-state index in [0.717, 1.165) is 0 Å². The van der Waals surface area contributed by atoms with Gasteiger partial charge in [-0.05, 0) is 36.8 Å². The fraction of sp³-hybridized carbons (Fsp3) is 0.176. The van der Waals surface area contributed by atoms with E-state index in [4.69, 9.17) is 44.0 Å². The third-order valence-electron chi connectivity index (χ3n) is 3.35. The first-order valence-corrected chi connectivity index (χ1v) is 8.31. The van der Waals surface area contributed by atoms with Crippen LogP contribution in [0.5, 0.6) is 0 Å². The zero-order chi connectivity index (χ0) is 17.3. The molecule has 0 fully saturated rings. The number of rotatable bonds is 4. The molecule has 2 aromatic carbocycles. The molecule has 24 heavy (non-hydrogen) atoms. The van der Waals surface area contributed by atoms with Crippen LogP contribution < -0.4 is 0 Å². The van der Waals surface area contributed by atoms with Crippen molar-refractivity contribution in [2.24, 2.45) is 0 Å². The molecule has 0 aliphatic carbocycles. The predicted molar refractivity (Wildman–Crippen MR) is 94.8 cm³/mol. The summed E-state index contributed by atoms with van der Waals surface area (Å²) in [4.78, 5) is 15.9. The first-order valence-electron chi connectivity index (χ1n) is 7.18. The summed E-state index contributed by atoms with van der Waals surface area (Å²) in [5, 5.41) is 1.31. The summed E-state index contributed by atoms with van der Waals surface area (Å²) < 4.78 is 10.6. The van der Waals surface area contributed by atoms with Crippen molar-refractivity contribution < 1.29 is 13.9 Å². The minimum atomic E-state index is -0.324. The van der Waals surface area contributed by atoms with Crippen LogP contribution in [0.25, 0.3) is 22.6 Å². The van der Waals surface area contributed by atoms with Crippen LogP contribution in [0.15, 0.2) is 34.7 Å². The van der Waals surface area contributed by atoms with E-state index >= 15 is 0 Å².